The van der Waals surface area contributed by atoms with Crippen molar-refractivity contribution in [2.75, 3.05) is 18.4 Å². The number of rotatable bonds is 5. The van der Waals surface area contributed by atoms with Gasteiger partial charge in [0.15, 0.2) is 0 Å². The number of benzene rings is 2. The second-order valence-electron chi connectivity index (χ2n) is 8.11. The van der Waals surface area contributed by atoms with Crippen molar-refractivity contribution in [1.29, 1.82) is 0 Å². The molecule has 2 amide bonds. The second-order valence-corrected chi connectivity index (χ2v) is 9.03. The molecule has 1 aliphatic heterocycles. The molecule has 0 spiro atoms. The number of carbonyl (C=O) groups is 2. The second kappa shape index (κ2) is 9.65. The van der Waals surface area contributed by atoms with E-state index in [4.69, 9.17) is 4.74 Å². The third-order valence-electron chi connectivity index (χ3n) is 5.95. The smallest absolute Gasteiger partial charge is 0.253 e. The molecule has 1 saturated heterocycles. The number of ether oxygens (including phenoxy) is 1. The van der Waals surface area contributed by atoms with Crippen LogP contribution in [0.15, 0.2) is 53.0 Å². The average molecular weight is 471 g/mol. The van der Waals surface area contributed by atoms with Crippen molar-refractivity contribution in [1.82, 2.24) is 4.90 Å². The molecule has 2 aliphatic rings. The van der Waals surface area contributed by atoms with Gasteiger partial charge < -0.3 is 15.0 Å². The molecule has 6 heteroatoms. The highest BCUT2D eigenvalue weighted by Crippen LogP contribution is 2.27. The average Bonchev–Trinajstić information content (AvgIpc) is 3.27. The molecule has 2 aromatic rings. The van der Waals surface area contributed by atoms with Gasteiger partial charge in [-0.1, -0.05) is 22.0 Å². The van der Waals surface area contributed by atoms with Crippen LogP contribution in [0.5, 0.6) is 5.75 Å². The lowest BCUT2D eigenvalue weighted by atomic mass is 9.95. The van der Waals surface area contributed by atoms with E-state index in [0.29, 0.717) is 37.6 Å². The van der Waals surface area contributed by atoms with Crippen LogP contribution in [-0.4, -0.2) is 35.9 Å². The molecule has 158 valence electrons. The summed E-state index contributed by atoms with van der Waals surface area (Å²) in [5.41, 5.74) is 1.45. The molecule has 0 aromatic heterocycles. The fourth-order valence-corrected chi connectivity index (χ4v) is 4.47. The number of halogens is 1. The van der Waals surface area contributed by atoms with Gasteiger partial charge in [0.2, 0.25) is 5.91 Å². The van der Waals surface area contributed by atoms with Gasteiger partial charge in [-0.2, -0.15) is 0 Å². The van der Waals surface area contributed by atoms with Crippen LogP contribution in [0.3, 0.4) is 0 Å². The van der Waals surface area contributed by atoms with Crippen molar-refractivity contribution in [3.05, 3.63) is 58.6 Å². The molecule has 5 nitrogen and oxygen atoms in total. The van der Waals surface area contributed by atoms with Crippen LogP contribution in [0, 0.1) is 5.92 Å². The monoisotopic (exact) mass is 470 g/mol. The molecule has 1 aliphatic carbocycles. The van der Waals surface area contributed by atoms with Crippen molar-refractivity contribution in [2.24, 2.45) is 5.92 Å². The summed E-state index contributed by atoms with van der Waals surface area (Å²) in [5.74, 6) is 0.773. The van der Waals surface area contributed by atoms with E-state index in [1.54, 1.807) is 0 Å². The quantitative estimate of drug-likeness (QED) is 0.647. The molecule has 0 atom stereocenters. The van der Waals surface area contributed by atoms with Gasteiger partial charge in [-0.25, -0.2) is 0 Å². The zero-order chi connectivity index (χ0) is 20.9. The summed E-state index contributed by atoms with van der Waals surface area (Å²) in [6.45, 7) is 1.19. The number of nitrogens with one attached hydrogen (secondary N) is 1. The minimum absolute atomic E-state index is 0.0174. The number of nitrogens with zero attached hydrogens (tertiary/aromatic N) is 1. The third kappa shape index (κ3) is 5.22. The maximum atomic E-state index is 12.7. The van der Waals surface area contributed by atoms with Gasteiger partial charge in [-0.05, 0) is 74.9 Å². The molecule has 0 unspecified atom stereocenters. The number of anilines is 1. The highest BCUT2D eigenvalue weighted by molar-refractivity contribution is 9.10. The summed E-state index contributed by atoms with van der Waals surface area (Å²) < 4.78 is 6.99. The Morgan fingerprint density at radius 2 is 1.67 bits per heavy atom. The minimum atomic E-state index is -0.0848. The Kier molecular flexibility index (Phi) is 6.72. The lowest BCUT2D eigenvalue weighted by Gasteiger charge is -2.31. The highest BCUT2D eigenvalue weighted by Gasteiger charge is 2.28. The van der Waals surface area contributed by atoms with E-state index in [9.17, 15) is 9.59 Å². The Balaban J connectivity index is 1.29. The van der Waals surface area contributed by atoms with Gasteiger partial charge in [-0.15, -0.1) is 0 Å². The molecule has 1 N–H and O–H groups in total. The van der Waals surface area contributed by atoms with Crippen molar-refractivity contribution in [2.45, 2.75) is 44.6 Å². The first-order chi connectivity index (χ1) is 14.6. The topological polar surface area (TPSA) is 58.6 Å². The summed E-state index contributed by atoms with van der Waals surface area (Å²) in [4.78, 5) is 27.2. The maximum absolute atomic E-state index is 12.7. The van der Waals surface area contributed by atoms with E-state index in [1.807, 2.05) is 53.4 Å². The van der Waals surface area contributed by atoms with E-state index in [1.165, 1.54) is 12.8 Å². The van der Waals surface area contributed by atoms with Crippen LogP contribution in [0.4, 0.5) is 5.69 Å². The summed E-state index contributed by atoms with van der Waals surface area (Å²) in [6.07, 6.45) is 6.30. The Morgan fingerprint density at radius 3 is 2.37 bits per heavy atom. The molecule has 2 aromatic carbocycles. The predicted molar refractivity (Wildman–Crippen MR) is 121 cm³/mol. The van der Waals surface area contributed by atoms with Crippen LogP contribution in [0.1, 0.15) is 48.9 Å². The van der Waals surface area contributed by atoms with E-state index >= 15 is 0 Å². The first kappa shape index (κ1) is 20.9. The Bertz CT molecular complexity index is 886. The van der Waals surface area contributed by atoms with Crippen LogP contribution >= 0.6 is 15.9 Å². The first-order valence-electron chi connectivity index (χ1n) is 10.7. The van der Waals surface area contributed by atoms with Crippen molar-refractivity contribution < 1.29 is 14.3 Å². The molecular weight excluding hydrogens is 444 g/mol. The number of piperidine rings is 1. The molecule has 4 rings (SSSR count). The van der Waals surface area contributed by atoms with Crippen molar-refractivity contribution >= 4 is 33.4 Å². The minimum Gasteiger partial charge on any atom is -0.490 e. The number of hydrogen-bond acceptors (Lipinski definition) is 3. The largest absolute Gasteiger partial charge is 0.490 e. The Labute approximate surface area is 185 Å². The normalized spacial score (nSPS) is 17.7. The SMILES string of the molecule is O=C(Nc1cccc(OC2CCCC2)c1)C1CCN(C(=O)c2ccc(Br)cc2)CC1. The summed E-state index contributed by atoms with van der Waals surface area (Å²) in [5, 5.41) is 3.03. The fraction of sp³-hybridized carbons (Fsp3) is 0.417. The van der Waals surface area contributed by atoms with Gasteiger partial charge in [0, 0.05) is 40.8 Å². The zero-order valence-corrected chi connectivity index (χ0v) is 18.6. The van der Waals surface area contributed by atoms with Crippen molar-refractivity contribution in [3.8, 4) is 5.75 Å². The van der Waals surface area contributed by atoms with E-state index < -0.39 is 0 Å². The third-order valence-corrected chi connectivity index (χ3v) is 6.48. The van der Waals surface area contributed by atoms with Gasteiger partial charge in [0.1, 0.15) is 5.75 Å². The van der Waals surface area contributed by atoms with Crippen LogP contribution in [0.25, 0.3) is 0 Å². The highest BCUT2D eigenvalue weighted by atomic mass is 79.9. The number of likely N-dealkylation sites (tertiary alicyclic amines) is 1. The van der Waals surface area contributed by atoms with Crippen LogP contribution in [-0.2, 0) is 4.79 Å². The molecule has 1 saturated carbocycles. The Hall–Kier alpha value is -2.34. The summed E-state index contributed by atoms with van der Waals surface area (Å²) in [7, 11) is 0. The molecule has 2 fully saturated rings. The van der Waals surface area contributed by atoms with Gasteiger partial charge in [0.25, 0.3) is 5.91 Å². The van der Waals surface area contributed by atoms with Gasteiger partial charge >= 0.3 is 0 Å². The first-order valence-corrected chi connectivity index (χ1v) is 11.5. The van der Waals surface area contributed by atoms with E-state index in [0.717, 1.165) is 28.8 Å². The molecule has 0 radical (unpaired) electrons. The molecule has 1 heterocycles. The standard InChI is InChI=1S/C24H27BrN2O3/c25-19-10-8-18(9-11-19)24(29)27-14-12-17(13-15-27)23(28)26-20-4-3-7-22(16-20)30-21-5-1-2-6-21/h3-4,7-11,16-17,21H,1-2,5-6,12-15H2,(H,26,28). The van der Waals surface area contributed by atoms with Crippen LogP contribution in [0.2, 0.25) is 0 Å². The van der Waals surface area contributed by atoms with Crippen LogP contribution < -0.4 is 10.1 Å². The number of hydrogen-bond donors (Lipinski definition) is 1. The van der Waals surface area contributed by atoms with Gasteiger partial charge in [-0.3, -0.25) is 9.59 Å². The molecule has 0 bridgehead atoms. The maximum Gasteiger partial charge on any atom is 0.253 e. The predicted octanol–water partition coefficient (Wildman–Crippen LogP) is 5.26. The van der Waals surface area contributed by atoms with E-state index in [-0.39, 0.29) is 17.7 Å². The summed E-state index contributed by atoms with van der Waals surface area (Å²) >= 11 is 3.39. The lowest BCUT2D eigenvalue weighted by molar-refractivity contribution is -0.121. The van der Waals surface area contributed by atoms with Gasteiger partial charge in [0.05, 0.1) is 6.10 Å². The fourth-order valence-electron chi connectivity index (χ4n) is 4.21. The Morgan fingerprint density at radius 1 is 0.967 bits per heavy atom. The van der Waals surface area contributed by atoms with Crippen molar-refractivity contribution in [3.63, 3.8) is 0 Å². The lowest BCUT2D eigenvalue weighted by Crippen LogP contribution is -2.41. The van der Waals surface area contributed by atoms with E-state index in [2.05, 4.69) is 21.2 Å². The number of carbonyl (C=O) groups excluding carboxylic acids is 2. The molecular formula is C24H27BrN2O3. The zero-order valence-electron chi connectivity index (χ0n) is 17.0. The molecule has 30 heavy (non-hydrogen) atoms. The number of amides is 2. The summed E-state index contributed by atoms with van der Waals surface area (Å²) in [6, 6.07) is 15.1.